The molecule has 2 unspecified atom stereocenters. The van der Waals surface area contributed by atoms with Crippen LogP contribution in [0.3, 0.4) is 0 Å². The molecule has 1 aromatic heterocycles. The Bertz CT molecular complexity index is 397. The summed E-state index contributed by atoms with van der Waals surface area (Å²) in [6, 6.07) is 4.86. The van der Waals surface area contributed by atoms with Crippen LogP contribution in [0.15, 0.2) is 12.1 Å². The van der Waals surface area contributed by atoms with Gasteiger partial charge in [0.05, 0.1) is 0 Å². The van der Waals surface area contributed by atoms with E-state index in [4.69, 9.17) is 16.3 Å². The Morgan fingerprint density at radius 2 is 1.94 bits per heavy atom. The lowest BCUT2D eigenvalue weighted by molar-refractivity contribution is -0.00175. The third-order valence-corrected chi connectivity index (χ3v) is 4.39. The fraction of sp³-hybridized carbons (Fsp3) is 0.692. The Kier molecular flexibility index (Phi) is 3.39. The van der Waals surface area contributed by atoms with Crippen molar-refractivity contribution in [2.24, 2.45) is 0 Å². The van der Waals surface area contributed by atoms with Crippen molar-refractivity contribution in [3.05, 3.63) is 17.3 Å². The topological polar surface area (TPSA) is 38.2 Å². The molecule has 0 aliphatic carbocycles. The van der Waals surface area contributed by atoms with Crippen molar-refractivity contribution in [1.82, 2.24) is 15.1 Å². The second kappa shape index (κ2) is 5.02. The van der Waals surface area contributed by atoms with Crippen molar-refractivity contribution in [3.63, 3.8) is 0 Å². The van der Waals surface area contributed by atoms with Gasteiger partial charge in [0.15, 0.2) is 5.15 Å². The molecular weight excluding hydrogens is 250 g/mol. The van der Waals surface area contributed by atoms with Crippen LogP contribution in [0.1, 0.15) is 32.1 Å². The molecule has 5 heteroatoms. The van der Waals surface area contributed by atoms with Crippen molar-refractivity contribution < 1.29 is 4.74 Å². The first kappa shape index (κ1) is 12.2. The normalized spacial score (nSPS) is 32.2. The van der Waals surface area contributed by atoms with Crippen LogP contribution in [0.4, 0.5) is 0 Å². The average Bonchev–Trinajstić information content (AvgIpc) is 2.33. The highest BCUT2D eigenvalue weighted by molar-refractivity contribution is 6.29. The predicted molar refractivity (Wildman–Crippen MR) is 69.9 cm³/mol. The summed E-state index contributed by atoms with van der Waals surface area (Å²) in [7, 11) is 2.24. The smallest absolute Gasteiger partial charge is 0.233 e. The standard InChI is InChI=1S/C13H18ClN3O/c1-17-9-3-2-4-10(17)8-11(7-9)18-13-6-5-12(14)15-16-13/h5-6,9-11H,2-4,7-8H2,1H3. The lowest BCUT2D eigenvalue weighted by Gasteiger charge is -2.46. The average molecular weight is 268 g/mol. The Balaban J connectivity index is 1.66. The van der Waals surface area contributed by atoms with Gasteiger partial charge in [-0.05, 0) is 38.8 Å². The number of rotatable bonds is 2. The van der Waals surface area contributed by atoms with Crippen molar-refractivity contribution in [2.75, 3.05) is 7.05 Å². The number of aromatic nitrogens is 2. The van der Waals surface area contributed by atoms with E-state index in [1.807, 2.05) is 0 Å². The summed E-state index contributed by atoms with van der Waals surface area (Å²) < 4.78 is 5.94. The molecule has 0 saturated carbocycles. The van der Waals surface area contributed by atoms with E-state index in [1.165, 1.54) is 19.3 Å². The van der Waals surface area contributed by atoms with Crippen LogP contribution in [-0.2, 0) is 0 Å². The van der Waals surface area contributed by atoms with E-state index in [9.17, 15) is 0 Å². The minimum absolute atomic E-state index is 0.270. The second-order valence-corrected chi connectivity index (χ2v) is 5.70. The van der Waals surface area contributed by atoms with E-state index in [1.54, 1.807) is 12.1 Å². The van der Waals surface area contributed by atoms with Crippen LogP contribution in [-0.4, -0.2) is 40.3 Å². The van der Waals surface area contributed by atoms with Crippen LogP contribution in [0.25, 0.3) is 0 Å². The SMILES string of the molecule is CN1C2CCCC1CC(Oc1ccc(Cl)nn1)C2. The van der Waals surface area contributed by atoms with Gasteiger partial charge in [0, 0.05) is 18.2 Å². The molecule has 2 aliphatic heterocycles. The third kappa shape index (κ3) is 2.45. The van der Waals surface area contributed by atoms with Crippen LogP contribution in [0.2, 0.25) is 5.15 Å². The maximum absolute atomic E-state index is 5.94. The molecule has 18 heavy (non-hydrogen) atoms. The van der Waals surface area contributed by atoms with Gasteiger partial charge in [-0.3, -0.25) is 0 Å². The summed E-state index contributed by atoms with van der Waals surface area (Å²) >= 11 is 5.72. The molecule has 1 aromatic rings. The fourth-order valence-corrected chi connectivity index (χ4v) is 3.30. The number of halogens is 1. The van der Waals surface area contributed by atoms with Crippen LogP contribution in [0.5, 0.6) is 5.88 Å². The number of hydrogen-bond donors (Lipinski definition) is 0. The Hall–Kier alpha value is -0.870. The van der Waals surface area contributed by atoms with Crippen molar-refractivity contribution in [1.29, 1.82) is 0 Å². The van der Waals surface area contributed by atoms with Gasteiger partial charge >= 0.3 is 0 Å². The molecule has 2 fully saturated rings. The molecule has 0 spiro atoms. The van der Waals surface area contributed by atoms with E-state index >= 15 is 0 Å². The molecule has 2 saturated heterocycles. The first-order valence-corrected chi connectivity index (χ1v) is 6.98. The second-order valence-electron chi connectivity index (χ2n) is 5.31. The maximum Gasteiger partial charge on any atom is 0.233 e. The molecule has 3 heterocycles. The zero-order valence-corrected chi connectivity index (χ0v) is 11.3. The first-order chi connectivity index (χ1) is 8.72. The summed E-state index contributed by atoms with van der Waals surface area (Å²) in [6.07, 6.45) is 6.40. The molecule has 4 nitrogen and oxygen atoms in total. The molecule has 98 valence electrons. The van der Waals surface area contributed by atoms with Gasteiger partial charge in [-0.1, -0.05) is 18.0 Å². The van der Waals surface area contributed by atoms with Crippen molar-refractivity contribution in [3.8, 4) is 5.88 Å². The van der Waals surface area contributed by atoms with E-state index in [-0.39, 0.29) is 6.10 Å². The summed E-state index contributed by atoms with van der Waals surface area (Å²) in [6.45, 7) is 0. The third-order valence-electron chi connectivity index (χ3n) is 4.19. The maximum atomic E-state index is 5.94. The van der Waals surface area contributed by atoms with Gasteiger partial charge in [0.1, 0.15) is 6.10 Å². The molecule has 0 amide bonds. The van der Waals surface area contributed by atoms with Gasteiger partial charge in [0.2, 0.25) is 5.88 Å². The molecule has 2 atom stereocenters. The molecule has 0 N–H and O–H groups in total. The predicted octanol–water partition coefficient (Wildman–Crippen LogP) is 2.52. The molecule has 3 rings (SSSR count). The van der Waals surface area contributed by atoms with Gasteiger partial charge < -0.3 is 9.64 Å². The molecule has 0 radical (unpaired) electrons. The fourth-order valence-electron chi connectivity index (χ4n) is 3.20. The number of hydrogen-bond acceptors (Lipinski definition) is 4. The Morgan fingerprint density at radius 3 is 2.56 bits per heavy atom. The van der Waals surface area contributed by atoms with Gasteiger partial charge in [-0.2, -0.15) is 0 Å². The van der Waals surface area contributed by atoms with E-state index < -0.39 is 0 Å². The van der Waals surface area contributed by atoms with Crippen LogP contribution >= 0.6 is 11.6 Å². The monoisotopic (exact) mass is 267 g/mol. The van der Waals surface area contributed by atoms with Gasteiger partial charge in [-0.25, -0.2) is 0 Å². The summed E-state index contributed by atoms with van der Waals surface area (Å²) in [4.78, 5) is 2.52. The number of piperidine rings is 2. The lowest BCUT2D eigenvalue weighted by Crippen LogP contribution is -2.52. The zero-order chi connectivity index (χ0) is 12.5. The lowest BCUT2D eigenvalue weighted by atomic mass is 9.83. The van der Waals surface area contributed by atoms with Gasteiger partial charge in [-0.15, -0.1) is 10.2 Å². The number of ether oxygens (including phenoxy) is 1. The van der Waals surface area contributed by atoms with Crippen molar-refractivity contribution in [2.45, 2.75) is 50.3 Å². The van der Waals surface area contributed by atoms with E-state index in [2.05, 4.69) is 22.1 Å². The highest BCUT2D eigenvalue weighted by Crippen LogP contribution is 2.34. The largest absolute Gasteiger partial charge is 0.473 e. The summed E-state index contributed by atoms with van der Waals surface area (Å²) in [5.74, 6) is 0.590. The van der Waals surface area contributed by atoms with E-state index in [0.29, 0.717) is 23.1 Å². The number of nitrogens with zero attached hydrogens (tertiary/aromatic N) is 3. The van der Waals surface area contributed by atoms with Crippen molar-refractivity contribution >= 4 is 11.6 Å². The first-order valence-electron chi connectivity index (χ1n) is 6.60. The van der Waals surface area contributed by atoms with Crippen LogP contribution < -0.4 is 4.74 Å². The Labute approximate surface area is 112 Å². The molecule has 0 aromatic carbocycles. The zero-order valence-electron chi connectivity index (χ0n) is 10.6. The van der Waals surface area contributed by atoms with Crippen LogP contribution in [0, 0.1) is 0 Å². The highest BCUT2D eigenvalue weighted by Gasteiger charge is 2.36. The minimum atomic E-state index is 0.270. The summed E-state index contributed by atoms with van der Waals surface area (Å²) in [5.41, 5.74) is 0. The summed E-state index contributed by atoms with van der Waals surface area (Å²) in [5, 5.41) is 8.18. The van der Waals surface area contributed by atoms with Gasteiger partial charge in [0.25, 0.3) is 0 Å². The quantitative estimate of drug-likeness (QED) is 0.825. The minimum Gasteiger partial charge on any atom is -0.473 e. The Morgan fingerprint density at radius 1 is 1.22 bits per heavy atom. The number of fused-ring (bicyclic) bond motifs is 2. The molecular formula is C13H18ClN3O. The highest BCUT2D eigenvalue weighted by atomic mass is 35.5. The molecule has 2 aliphatic rings. The van der Waals surface area contributed by atoms with E-state index in [0.717, 1.165) is 12.8 Å². The molecule has 2 bridgehead atoms.